The van der Waals surface area contributed by atoms with Gasteiger partial charge in [-0.1, -0.05) is 158 Å². The molecule has 0 saturated heterocycles. The van der Waals surface area contributed by atoms with Crippen LogP contribution < -0.4 is 10.6 Å². The van der Waals surface area contributed by atoms with Gasteiger partial charge in [0.05, 0.1) is 0 Å². The molecule has 11 aromatic rings. The van der Waals surface area contributed by atoms with Crippen molar-refractivity contribution in [2.24, 2.45) is 4.99 Å². The number of aliphatic imine (C=N–C) groups is 1. The monoisotopic (exact) mass is 745 g/mol. The van der Waals surface area contributed by atoms with Crippen LogP contribution in [-0.4, -0.2) is 5.84 Å². The highest BCUT2D eigenvalue weighted by molar-refractivity contribution is 6.16. The molecule has 1 aliphatic heterocycles. The third kappa shape index (κ3) is 5.18. The smallest absolute Gasteiger partial charge is 0.136 e. The number of furan rings is 2. The van der Waals surface area contributed by atoms with Gasteiger partial charge >= 0.3 is 0 Å². The van der Waals surface area contributed by atoms with E-state index in [4.69, 9.17) is 13.8 Å². The van der Waals surface area contributed by atoms with Gasteiger partial charge in [0, 0.05) is 32.7 Å². The van der Waals surface area contributed by atoms with Crippen molar-refractivity contribution >= 4 is 71.3 Å². The Morgan fingerprint density at radius 2 is 1.05 bits per heavy atom. The van der Waals surface area contributed by atoms with Crippen molar-refractivity contribution in [2.45, 2.75) is 12.3 Å². The molecule has 0 radical (unpaired) electrons. The number of hydrogen-bond acceptors (Lipinski definition) is 5. The zero-order valence-corrected chi connectivity index (χ0v) is 31.3. The molecule has 0 saturated carbocycles. The van der Waals surface area contributed by atoms with Gasteiger partial charge in [-0.05, 0) is 79.7 Å². The van der Waals surface area contributed by atoms with Crippen LogP contribution in [0.3, 0.4) is 0 Å². The second kappa shape index (κ2) is 13.1. The molecule has 0 aliphatic carbocycles. The number of rotatable bonds is 5. The lowest BCUT2D eigenvalue weighted by atomic mass is 9.91. The summed E-state index contributed by atoms with van der Waals surface area (Å²) in [5, 5.41) is 16.8. The first kappa shape index (κ1) is 32.7. The standard InChI is InChI=1S/C53H35N3O2/c1-2-14-33(15-3-1)51-54-52(56-53(55-51)44-23-12-26-47-50(44)42-20-8-9-24-45(42)57-47)41-30-29-39(37-18-6-7-19-38(37)41)40-22-11-25-46-49(40)43-28-27-34(31-48(43)58-46)36-21-10-16-32-13-4-5-17-35(32)36/h1-31,52-53,56H,(H,54,55). The SMILES string of the molecule is c1ccc(C2=NC(c3ccc(-c4cccc5oc6cc(-c7cccc8ccccc78)ccc6c45)c4ccccc34)NC(c3cccc4oc5ccccc5c34)N2)cc1. The Bertz CT molecular complexity index is 3430. The summed E-state index contributed by atoms with van der Waals surface area (Å²) in [6, 6.07) is 66.2. The second-order valence-corrected chi connectivity index (χ2v) is 15.1. The van der Waals surface area contributed by atoms with E-state index in [2.05, 4.69) is 174 Å². The van der Waals surface area contributed by atoms with Crippen molar-refractivity contribution in [3.8, 4) is 22.3 Å². The summed E-state index contributed by atoms with van der Waals surface area (Å²) in [5.74, 6) is 0.838. The molecule has 58 heavy (non-hydrogen) atoms. The molecule has 12 rings (SSSR count). The van der Waals surface area contributed by atoms with E-state index in [9.17, 15) is 0 Å². The molecule has 1 aliphatic rings. The minimum absolute atomic E-state index is 0.245. The van der Waals surface area contributed by atoms with Crippen molar-refractivity contribution in [3.63, 3.8) is 0 Å². The summed E-state index contributed by atoms with van der Waals surface area (Å²) in [7, 11) is 0. The Kier molecular flexibility index (Phi) is 7.37. The van der Waals surface area contributed by atoms with Gasteiger partial charge in [-0.3, -0.25) is 5.32 Å². The van der Waals surface area contributed by atoms with E-state index in [0.29, 0.717) is 0 Å². The van der Waals surface area contributed by atoms with Crippen LogP contribution in [0.4, 0.5) is 0 Å². The Morgan fingerprint density at radius 3 is 1.95 bits per heavy atom. The van der Waals surface area contributed by atoms with Crippen LogP contribution in [0.2, 0.25) is 0 Å². The lowest BCUT2D eigenvalue weighted by Gasteiger charge is -2.33. The molecular formula is C53H35N3O2. The number of amidine groups is 1. The zero-order valence-electron chi connectivity index (χ0n) is 31.3. The Balaban J connectivity index is 0.996. The average Bonchev–Trinajstić information content (AvgIpc) is 3.87. The van der Waals surface area contributed by atoms with E-state index in [0.717, 1.165) is 93.9 Å². The largest absolute Gasteiger partial charge is 0.456 e. The van der Waals surface area contributed by atoms with E-state index < -0.39 is 0 Å². The van der Waals surface area contributed by atoms with Gasteiger partial charge in [0.25, 0.3) is 0 Å². The topological polar surface area (TPSA) is 62.7 Å². The molecule has 5 heteroatoms. The van der Waals surface area contributed by atoms with Gasteiger partial charge in [0.15, 0.2) is 0 Å². The van der Waals surface area contributed by atoms with Crippen molar-refractivity contribution in [3.05, 3.63) is 205 Å². The molecule has 0 amide bonds. The molecule has 2 aromatic heterocycles. The Hall–Kier alpha value is -7.47. The first-order chi connectivity index (χ1) is 28.7. The van der Waals surface area contributed by atoms with Crippen LogP contribution in [0.15, 0.2) is 202 Å². The van der Waals surface area contributed by atoms with E-state index in [-0.39, 0.29) is 12.3 Å². The molecule has 3 heterocycles. The first-order valence-electron chi connectivity index (χ1n) is 19.8. The summed E-state index contributed by atoms with van der Waals surface area (Å²) in [4.78, 5) is 5.37. The Morgan fingerprint density at radius 1 is 0.397 bits per heavy atom. The summed E-state index contributed by atoms with van der Waals surface area (Å²) in [5.41, 5.74) is 11.4. The van der Waals surface area contributed by atoms with Gasteiger partial charge in [-0.25, -0.2) is 4.99 Å². The average molecular weight is 746 g/mol. The number of hydrogen-bond donors (Lipinski definition) is 2. The van der Waals surface area contributed by atoms with E-state index in [1.807, 2.05) is 24.3 Å². The molecule has 0 fully saturated rings. The molecule has 0 spiro atoms. The lowest BCUT2D eigenvalue weighted by Crippen LogP contribution is -2.45. The van der Waals surface area contributed by atoms with Gasteiger partial charge in [-0.2, -0.15) is 0 Å². The van der Waals surface area contributed by atoms with Gasteiger partial charge in [0.1, 0.15) is 40.5 Å². The number of nitrogens with zero attached hydrogens (tertiary/aromatic N) is 1. The number of nitrogens with one attached hydrogen (secondary N) is 2. The zero-order chi connectivity index (χ0) is 38.2. The molecule has 2 atom stereocenters. The van der Waals surface area contributed by atoms with Crippen LogP contribution in [0.25, 0.3) is 87.7 Å². The summed E-state index contributed by atoms with van der Waals surface area (Å²) in [6.45, 7) is 0. The fourth-order valence-electron chi connectivity index (χ4n) is 9.15. The third-order valence-corrected chi connectivity index (χ3v) is 11.8. The maximum absolute atomic E-state index is 6.64. The normalized spacial score (nSPS) is 15.8. The lowest BCUT2D eigenvalue weighted by molar-refractivity contribution is 0.412. The van der Waals surface area contributed by atoms with Gasteiger partial charge < -0.3 is 14.2 Å². The molecule has 0 bridgehead atoms. The van der Waals surface area contributed by atoms with Gasteiger partial charge in [-0.15, -0.1) is 0 Å². The van der Waals surface area contributed by atoms with Gasteiger partial charge in [0.2, 0.25) is 0 Å². The number of para-hydroxylation sites is 1. The molecular weight excluding hydrogens is 711 g/mol. The fraction of sp³-hybridized carbons (Fsp3) is 0.0377. The fourth-order valence-corrected chi connectivity index (χ4v) is 9.15. The number of benzene rings is 9. The van der Waals surface area contributed by atoms with Crippen molar-refractivity contribution in [1.29, 1.82) is 0 Å². The molecule has 5 nitrogen and oxygen atoms in total. The highest BCUT2D eigenvalue weighted by atomic mass is 16.3. The van der Waals surface area contributed by atoms with E-state index in [1.54, 1.807) is 0 Å². The Labute approximate surface area is 333 Å². The van der Waals surface area contributed by atoms with Crippen LogP contribution >= 0.6 is 0 Å². The highest BCUT2D eigenvalue weighted by Crippen LogP contribution is 2.43. The quantitative estimate of drug-likeness (QED) is 0.184. The predicted octanol–water partition coefficient (Wildman–Crippen LogP) is 13.5. The van der Waals surface area contributed by atoms with Crippen LogP contribution in [0.5, 0.6) is 0 Å². The minimum Gasteiger partial charge on any atom is -0.456 e. The molecule has 274 valence electrons. The number of fused-ring (bicyclic) bond motifs is 8. The predicted molar refractivity (Wildman–Crippen MR) is 238 cm³/mol. The minimum atomic E-state index is -0.341. The van der Waals surface area contributed by atoms with Crippen molar-refractivity contribution in [1.82, 2.24) is 10.6 Å². The second-order valence-electron chi connectivity index (χ2n) is 15.1. The van der Waals surface area contributed by atoms with Crippen LogP contribution in [-0.2, 0) is 0 Å². The van der Waals surface area contributed by atoms with Crippen molar-refractivity contribution < 1.29 is 8.83 Å². The van der Waals surface area contributed by atoms with Crippen LogP contribution in [0.1, 0.15) is 29.0 Å². The van der Waals surface area contributed by atoms with E-state index in [1.165, 1.54) is 16.3 Å². The van der Waals surface area contributed by atoms with Crippen LogP contribution in [0, 0.1) is 0 Å². The highest BCUT2D eigenvalue weighted by Gasteiger charge is 2.29. The summed E-state index contributed by atoms with van der Waals surface area (Å²) < 4.78 is 13.0. The maximum Gasteiger partial charge on any atom is 0.136 e. The first-order valence-corrected chi connectivity index (χ1v) is 19.8. The third-order valence-electron chi connectivity index (χ3n) is 11.8. The molecule has 2 unspecified atom stereocenters. The van der Waals surface area contributed by atoms with Crippen molar-refractivity contribution in [2.75, 3.05) is 0 Å². The maximum atomic E-state index is 6.64. The molecule has 2 N–H and O–H groups in total. The summed E-state index contributed by atoms with van der Waals surface area (Å²) >= 11 is 0. The van der Waals surface area contributed by atoms with E-state index >= 15 is 0 Å². The molecule has 9 aromatic carbocycles. The summed E-state index contributed by atoms with van der Waals surface area (Å²) in [6.07, 6.45) is -0.586.